The van der Waals surface area contributed by atoms with Crippen LogP contribution in [-0.2, 0) is 24.8 Å². The molecular weight excluding hydrogens is 366 g/mol. The number of hydrogen-bond donors (Lipinski definition) is 3. The maximum absolute atomic E-state index is 12.1. The maximum Gasteiger partial charge on any atom is 0.240 e. The van der Waals surface area contributed by atoms with Crippen molar-refractivity contribution in [2.75, 3.05) is 6.54 Å². The standard InChI is InChI=1S/C22H33N5O2/c1-3-4-5-6-7-8-19-25-21(26-27(19)2)17-11-9-16(10-12-17)15-24-22(29)20-18(28)13-14-23-20/h9-12,18,20,23,28H,3-8,13-15H2,1-2H3,(H,24,29)/t18-,20-/m0/s1. The SMILES string of the molecule is CCCCCCCc1nc(-c2ccc(CNC(=O)[C@H]3NCC[C@@H]3O)cc2)nn1C. The van der Waals surface area contributed by atoms with Gasteiger partial charge < -0.3 is 15.7 Å². The predicted molar refractivity (Wildman–Crippen MR) is 113 cm³/mol. The Morgan fingerprint density at radius 1 is 1.24 bits per heavy atom. The minimum absolute atomic E-state index is 0.158. The summed E-state index contributed by atoms with van der Waals surface area (Å²) in [6.45, 7) is 3.33. The number of nitrogens with zero attached hydrogens (tertiary/aromatic N) is 3. The first-order valence-corrected chi connectivity index (χ1v) is 10.8. The Hall–Kier alpha value is -2.25. The number of rotatable bonds is 10. The monoisotopic (exact) mass is 399 g/mol. The molecule has 1 aliphatic rings. The van der Waals surface area contributed by atoms with Crippen LogP contribution in [-0.4, -0.2) is 44.5 Å². The van der Waals surface area contributed by atoms with E-state index in [9.17, 15) is 9.90 Å². The van der Waals surface area contributed by atoms with Crippen LogP contribution in [0.15, 0.2) is 24.3 Å². The van der Waals surface area contributed by atoms with Crippen LogP contribution < -0.4 is 10.6 Å². The van der Waals surface area contributed by atoms with Crippen LogP contribution in [0.5, 0.6) is 0 Å². The van der Waals surface area contributed by atoms with Crippen molar-refractivity contribution in [2.45, 2.75) is 70.6 Å². The molecule has 3 rings (SSSR count). The first-order chi connectivity index (χ1) is 14.1. The predicted octanol–water partition coefficient (Wildman–Crippen LogP) is 2.33. The molecule has 7 nitrogen and oxygen atoms in total. The van der Waals surface area contributed by atoms with Gasteiger partial charge in [-0.3, -0.25) is 9.48 Å². The summed E-state index contributed by atoms with van der Waals surface area (Å²) in [4.78, 5) is 16.9. The zero-order valence-electron chi connectivity index (χ0n) is 17.5. The van der Waals surface area contributed by atoms with Gasteiger partial charge in [-0.25, -0.2) is 4.98 Å². The van der Waals surface area contributed by atoms with E-state index in [1.54, 1.807) is 0 Å². The number of carbonyl (C=O) groups excluding carboxylic acids is 1. The van der Waals surface area contributed by atoms with Crippen LogP contribution in [0.4, 0.5) is 0 Å². The van der Waals surface area contributed by atoms with Crippen molar-refractivity contribution in [3.8, 4) is 11.4 Å². The average Bonchev–Trinajstić information content (AvgIpc) is 3.32. The highest BCUT2D eigenvalue weighted by atomic mass is 16.3. The van der Waals surface area contributed by atoms with E-state index < -0.39 is 12.1 Å². The summed E-state index contributed by atoms with van der Waals surface area (Å²) in [6, 6.07) is 7.44. The molecule has 0 spiro atoms. The molecule has 0 saturated carbocycles. The summed E-state index contributed by atoms with van der Waals surface area (Å²) >= 11 is 0. The highest BCUT2D eigenvalue weighted by Gasteiger charge is 2.30. The van der Waals surface area contributed by atoms with E-state index in [0.29, 0.717) is 19.5 Å². The molecule has 29 heavy (non-hydrogen) atoms. The molecular formula is C22H33N5O2. The fourth-order valence-corrected chi connectivity index (χ4v) is 3.67. The van der Waals surface area contributed by atoms with Crippen molar-refractivity contribution < 1.29 is 9.90 Å². The number of benzene rings is 1. The number of aromatic nitrogens is 3. The van der Waals surface area contributed by atoms with E-state index in [0.717, 1.165) is 35.6 Å². The van der Waals surface area contributed by atoms with E-state index in [4.69, 9.17) is 4.98 Å². The fraction of sp³-hybridized carbons (Fsp3) is 0.591. The van der Waals surface area contributed by atoms with Crippen LogP contribution in [0.3, 0.4) is 0 Å². The number of amides is 1. The van der Waals surface area contributed by atoms with E-state index in [-0.39, 0.29) is 5.91 Å². The molecule has 1 fully saturated rings. The van der Waals surface area contributed by atoms with E-state index >= 15 is 0 Å². The molecule has 3 N–H and O–H groups in total. The summed E-state index contributed by atoms with van der Waals surface area (Å²) in [6.07, 6.45) is 7.20. The Kier molecular flexibility index (Phi) is 7.77. The maximum atomic E-state index is 12.1. The molecule has 1 amide bonds. The third-order valence-electron chi connectivity index (χ3n) is 5.51. The van der Waals surface area contributed by atoms with Crippen LogP contribution in [0, 0.1) is 0 Å². The van der Waals surface area contributed by atoms with Crippen molar-refractivity contribution >= 4 is 5.91 Å². The van der Waals surface area contributed by atoms with Gasteiger partial charge in [0, 0.05) is 25.6 Å². The summed E-state index contributed by atoms with van der Waals surface area (Å²) in [5, 5.41) is 20.3. The van der Waals surface area contributed by atoms with Crippen molar-refractivity contribution in [3.63, 3.8) is 0 Å². The Morgan fingerprint density at radius 3 is 2.69 bits per heavy atom. The molecule has 0 radical (unpaired) electrons. The minimum atomic E-state index is -0.603. The van der Waals surface area contributed by atoms with Gasteiger partial charge in [-0.15, -0.1) is 0 Å². The van der Waals surface area contributed by atoms with Gasteiger partial charge >= 0.3 is 0 Å². The van der Waals surface area contributed by atoms with E-state index in [2.05, 4.69) is 22.7 Å². The second-order valence-electron chi connectivity index (χ2n) is 7.84. The molecule has 7 heteroatoms. The topological polar surface area (TPSA) is 92.1 Å². The van der Waals surface area contributed by atoms with Gasteiger partial charge in [0.05, 0.1) is 6.10 Å². The minimum Gasteiger partial charge on any atom is -0.391 e. The van der Waals surface area contributed by atoms with Gasteiger partial charge in [-0.1, -0.05) is 56.9 Å². The van der Waals surface area contributed by atoms with Gasteiger partial charge in [-0.05, 0) is 24.9 Å². The van der Waals surface area contributed by atoms with Gasteiger partial charge in [-0.2, -0.15) is 5.10 Å². The lowest BCUT2D eigenvalue weighted by atomic mass is 10.1. The lowest BCUT2D eigenvalue weighted by molar-refractivity contribution is -0.124. The van der Waals surface area contributed by atoms with E-state index in [1.165, 1.54) is 25.7 Å². The molecule has 2 heterocycles. The lowest BCUT2D eigenvalue weighted by Crippen LogP contribution is -2.45. The second-order valence-corrected chi connectivity index (χ2v) is 7.84. The number of unbranched alkanes of at least 4 members (excludes halogenated alkanes) is 4. The summed E-state index contributed by atoms with van der Waals surface area (Å²) in [5.74, 6) is 1.61. The quantitative estimate of drug-likeness (QED) is 0.533. The van der Waals surface area contributed by atoms with Gasteiger partial charge in [0.2, 0.25) is 5.91 Å². The van der Waals surface area contributed by atoms with Crippen LogP contribution >= 0.6 is 0 Å². The third kappa shape index (κ3) is 5.87. The second kappa shape index (κ2) is 10.5. The Bertz CT molecular complexity index is 787. The number of carbonyl (C=O) groups is 1. The van der Waals surface area contributed by atoms with E-state index in [1.807, 2.05) is 36.0 Å². The number of aliphatic hydroxyl groups is 1. The first kappa shape index (κ1) is 21.5. The zero-order valence-corrected chi connectivity index (χ0v) is 17.5. The van der Waals surface area contributed by atoms with Crippen LogP contribution in [0.25, 0.3) is 11.4 Å². The van der Waals surface area contributed by atoms with Crippen LogP contribution in [0.1, 0.15) is 56.8 Å². The Morgan fingerprint density at radius 2 is 2.00 bits per heavy atom. The van der Waals surface area contributed by atoms with Crippen molar-refractivity contribution in [2.24, 2.45) is 7.05 Å². The lowest BCUT2D eigenvalue weighted by Gasteiger charge is -2.14. The Balaban J connectivity index is 1.52. The molecule has 1 aromatic carbocycles. The number of nitrogens with one attached hydrogen (secondary N) is 2. The summed E-state index contributed by atoms with van der Waals surface area (Å²) < 4.78 is 1.88. The molecule has 1 aromatic heterocycles. The first-order valence-electron chi connectivity index (χ1n) is 10.8. The third-order valence-corrected chi connectivity index (χ3v) is 5.51. The number of hydrogen-bond acceptors (Lipinski definition) is 5. The summed E-state index contributed by atoms with van der Waals surface area (Å²) in [5.41, 5.74) is 1.97. The average molecular weight is 400 g/mol. The zero-order chi connectivity index (χ0) is 20.6. The van der Waals surface area contributed by atoms with Gasteiger partial charge in [0.25, 0.3) is 0 Å². The molecule has 0 aliphatic carbocycles. The normalized spacial score (nSPS) is 18.9. The molecule has 2 atom stereocenters. The van der Waals surface area contributed by atoms with Gasteiger partial charge in [0.15, 0.2) is 5.82 Å². The molecule has 1 aliphatic heterocycles. The van der Waals surface area contributed by atoms with Crippen molar-refractivity contribution in [1.29, 1.82) is 0 Å². The molecule has 0 unspecified atom stereocenters. The van der Waals surface area contributed by atoms with Crippen molar-refractivity contribution in [1.82, 2.24) is 25.4 Å². The fourth-order valence-electron chi connectivity index (χ4n) is 3.67. The highest BCUT2D eigenvalue weighted by Crippen LogP contribution is 2.18. The molecule has 158 valence electrons. The van der Waals surface area contributed by atoms with Crippen LogP contribution in [0.2, 0.25) is 0 Å². The number of aryl methyl sites for hydroxylation is 2. The Labute approximate surface area is 172 Å². The highest BCUT2D eigenvalue weighted by molar-refractivity contribution is 5.82. The largest absolute Gasteiger partial charge is 0.391 e. The van der Waals surface area contributed by atoms with Gasteiger partial charge in [0.1, 0.15) is 11.9 Å². The number of aliphatic hydroxyl groups excluding tert-OH is 1. The van der Waals surface area contributed by atoms with Crippen molar-refractivity contribution in [3.05, 3.63) is 35.7 Å². The molecule has 1 saturated heterocycles. The molecule has 0 bridgehead atoms. The summed E-state index contributed by atoms with van der Waals surface area (Å²) in [7, 11) is 1.95. The molecule has 2 aromatic rings. The smallest absolute Gasteiger partial charge is 0.240 e.